The predicted octanol–water partition coefficient (Wildman–Crippen LogP) is 3.95. The molecule has 0 bridgehead atoms. The number of aryl methyl sites for hydroxylation is 1. The second-order valence-electron chi connectivity index (χ2n) is 4.87. The fourth-order valence-electron chi connectivity index (χ4n) is 2.36. The molecular formula is C16H22BrN3. The van der Waals surface area contributed by atoms with Crippen molar-refractivity contribution in [3.63, 3.8) is 0 Å². The molecule has 1 aromatic heterocycles. The molecule has 0 radical (unpaired) electrons. The number of nitrogens with zero attached hydrogens (tertiary/aromatic N) is 2. The van der Waals surface area contributed by atoms with Crippen LogP contribution in [0.4, 0.5) is 0 Å². The Hall–Kier alpha value is -1.13. The molecule has 1 heterocycles. The SMILES string of the molecule is CCCNC(Cc1ccccc1Br)c1nccn1CC. The van der Waals surface area contributed by atoms with Crippen molar-refractivity contribution in [3.8, 4) is 0 Å². The largest absolute Gasteiger partial charge is 0.334 e. The van der Waals surface area contributed by atoms with E-state index < -0.39 is 0 Å². The second-order valence-corrected chi connectivity index (χ2v) is 5.73. The van der Waals surface area contributed by atoms with E-state index in [2.05, 4.69) is 75.1 Å². The van der Waals surface area contributed by atoms with Crippen molar-refractivity contribution >= 4 is 15.9 Å². The van der Waals surface area contributed by atoms with Gasteiger partial charge in [0.1, 0.15) is 5.82 Å². The first-order valence-electron chi connectivity index (χ1n) is 7.24. The Bertz CT molecular complexity index is 536. The summed E-state index contributed by atoms with van der Waals surface area (Å²) in [4.78, 5) is 4.55. The number of aromatic nitrogens is 2. The molecule has 3 nitrogen and oxygen atoms in total. The van der Waals surface area contributed by atoms with Gasteiger partial charge in [0.25, 0.3) is 0 Å². The molecular weight excluding hydrogens is 314 g/mol. The van der Waals surface area contributed by atoms with Gasteiger partial charge in [0, 0.05) is 23.4 Å². The molecule has 108 valence electrons. The van der Waals surface area contributed by atoms with Crippen LogP contribution < -0.4 is 5.32 Å². The molecule has 0 saturated carbocycles. The van der Waals surface area contributed by atoms with Crippen molar-refractivity contribution in [3.05, 3.63) is 52.5 Å². The maximum absolute atomic E-state index is 4.55. The normalized spacial score (nSPS) is 12.6. The van der Waals surface area contributed by atoms with Gasteiger partial charge in [-0.3, -0.25) is 0 Å². The van der Waals surface area contributed by atoms with Crippen LogP contribution in [-0.2, 0) is 13.0 Å². The summed E-state index contributed by atoms with van der Waals surface area (Å²) in [5.41, 5.74) is 1.31. The highest BCUT2D eigenvalue weighted by Gasteiger charge is 2.17. The quantitative estimate of drug-likeness (QED) is 0.830. The number of rotatable bonds is 7. The average molecular weight is 336 g/mol. The average Bonchev–Trinajstić information content (AvgIpc) is 2.93. The van der Waals surface area contributed by atoms with Crippen molar-refractivity contribution in [2.24, 2.45) is 0 Å². The third kappa shape index (κ3) is 3.70. The van der Waals surface area contributed by atoms with Crippen LogP contribution in [0, 0.1) is 0 Å². The van der Waals surface area contributed by atoms with Gasteiger partial charge < -0.3 is 9.88 Å². The Morgan fingerprint density at radius 3 is 2.80 bits per heavy atom. The molecule has 4 heteroatoms. The Balaban J connectivity index is 2.22. The molecule has 1 atom stereocenters. The molecule has 1 aromatic carbocycles. The zero-order chi connectivity index (χ0) is 14.4. The third-order valence-corrected chi connectivity index (χ3v) is 4.20. The molecule has 0 aliphatic heterocycles. The minimum absolute atomic E-state index is 0.253. The summed E-state index contributed by atoms with van der Waals surface area (Å²) in [6.45, 7) is 6.30. The van der Waals surface area contributed by atoms with Gasteiger partial charge in [-0.05, 0) is 37.9 Å². The van der Waals surface area contributed by atoms with Gasteiger partial charge in [-0.25, -0.2) is 4.98 Å². The lowest BCUT2D eigenvalue weighted by atomic mass is 10.1. The fourth-order valence-corrected chi connectivity index (χ4v) is 2.80. The number of halogens is 1. The summed E-state index contributed by atoms with van der Waals surface area (Å²) in [7, 11) is 0. The summed E-state index contributed by atoms with van der Waals surface area (Å²) in [5.74, 6) is 1.12. The highest BCUT2D eigenvalue weighted by atomic mass is 79.9. The maximum Gasteiger partial charge on any atom is 0.126 e. The summed E-state index contributed by atoms with van der Waals surface area (Å²) in [6, 6.07) is 8.66. The molecule has 20 heavy (non-hydrogen) atoms. The Kier molecular flexibility index (Phi) is 5.80. The van der Waals surface area contributed by atoms with Crippen LogP contribution in [0.5, 0.6) is 0 Å². The van der Waals surface area contributed by atoms with Crippen LogP contribution in [-0.4, -0.2) is 16.1 Å². The topological polar surface area (TPSA) is 29.9 Å². The van der Waals surface area contributed by atoms with Crippen LogP contribution >= 0.6 is 15.9 Å². The van der Waals surface area contributed by atoms with E-state index in [-0.39, 0.29) is 6.04 Å². The number of hydrogen-bond donors (Lipinski definition) is 1. The Morgan fingerprint density at radius 2 is 2.10 bits per heavy atom. The first-order valence-corrected chi connectivity index (χ1v) is 8.03. The lowest BCUT2D eigenvalue weighted by molar-refractivity contribution is 0.482. The van der Waals surface area contributed by atoms with Gasteiger partial charge in [-0.15, -0.1) is 0 Å². The molecule has 0 spiro atoms. The Morgan fingerprint density at radius 1 is 1.30 bits per heavy atom. The molecule has 2 aromatic rings. The summed E-state index contributed by atoms with van der Waals surface area (Å²) in [6.07, 6.45) is 6.01. The van der Waals surface area contributed by atoms with E-state index in [9.17, 15) is 0 Å². The minimum atomic E-state index is 0.253. The second kappa shape index (κ2) is 7.60. The molecule has 0 saturated heterocycles. The predicted molar refractivity (Wildman–Crippen MR) is 86.8 cm³/mol. The summed E-state index contributed by atoms with van der Waals surface area (Å²) in [5, 5.41) is 3.62. The van der Waals surface area contributed by atoms with Crippen LogP contribution in [0.2, 0.25) is 0 Å². The van der Waals surface area contributed by atoms with Crippen LogP contribution in [0.3, 0.4) is 0 Å². The number of nitrogens with one attached hydrogen (secondary N) is 1. The first kappa shape index (κ1) is 15.3. The highest BCUT2D eigenvalue weighted by Crippen LogP contribution is 2.23. The monoisotopic (exact) mass is 335 g/mol. The number of hydrogen-bond acceptors (Lipinski definition) is 2. The van der Waals surface area contributed by atoms with E-state index >= 15 is 0 Å². The lowest BCUT2D eigenvalue weighted by Crippen LogP contribution is -2.27. The van der Waals surface area contributed by atoms with Crippen molar-refractivity contribution in [1.82, 2.24) is 14.9 Å². The summed E-state index contributed by atoms with van der Waals surface area (Å²) < 4.78 is 3.38. The molecule has 0 fully saturated rings. The number of benzene rings is 1. The van der Waals surface area contributed by atoms with Crippen molar-refractivity contribution in [1.29, 1.82) is 0 Å². The standard InChI is InChI=1S/C16H22BrN3/c1-3-9-18-15(16-19-10-11-20(16)4-2)12-13-7-5-6-8-14(13)17/h5-8,10-11,15,18H,3-4,9,12H2,1-2H3. The van der Waals surface area contributed by atoms with Crippen LogP contribution in [0.1, 0.15) is 37.7 Å². The third-order valence-electron chi connectivity index (χ3n) is 3.42. The van der Waals surface area contributed by atoms with E-state index in [1.807, 2.05) is 6.20 Å². The zero-order valence-electron chi connectivity index (χ0n) is 12.1. The minimum Gasteiger partial charge on any atom is -0.334 e. The van der Waals surface area contributed by atoms with Crippen LogP contribution in [0.25, 0.3) is 0 Å². The van der Waals surface area contributed by atoms with Gasteiger partial charge in [0.15, 0.2) is 0 Å². The lowest BCUT2D eigenvalue weighted by Gasteiger charge is -2.20. The molecule has 0 amide bonds. The molecule has 0 aliphatic carbocycles. The van der Waals surface area contributed by atoms with Gasteiger partial charge in [-0.1, -0.05) is 41.1 Å². The smallest absolute Gasteiger partial charge is 0.126 e. The zero-order valence-corrected chi connectivity index (χ0v) is 13.7. The molecule has 1 N–H and O–H groups in total. The van der Waals surface area contributed by atoms with E-state index in [0.29, 0.717) is 0 Å². The highest BCUT2D eigenvalue weighted by molar-refractivity contribution is 9.10. The van der Waals surface area contributed by atoms with E-state index in [4.69, 9.17) is 0 Å². The maximum atomic E-state index is 4.55. The van der Waals surface area contributed by atoms with Crippen molar-refractivity contribution in [2.75, 3.05) is 6.54 Å². The van der Waals surface area contributed by atoms with Crippen molar-refractivity contribution in [2.45, 2.75) is 39.3 Å². The molecule has 0 aliphatic rings. The van der Waals surface area contributed by atoms with Gasteiger partial charge in [0.05, 0.1) is 6.04 Å². The molecule has 2 rings (SSSR count). The number of imidazole rings is 1. The van der Waals surface area contributed by atoms with Crippen LogP contribution in [0.15, 0.2) is 41.1 Å². The summed E-state index contributed by atoms with van der Waals surface area (Å²) >= 11 is 3.64. The Labute approximate surface area is 129 Å². The van der Waals surface area contributed by atoms with E-state index in [1.165, 1.54) is 5.56 Å². The van der Waals surface area contributed by atoms with Crippen molar-refractivity contribution < 1.29 is 0 Å². The van der Waals surface area contributed by atoms with Gasteiger partial charge >= 0.3 is 0 Å². The van der Waals surface area contributed by atoms with E-state index in [1.54, 1.807) is 0 Å². The van der Waals surface area contributed by atoms with E-state index in [0.717, 1.165) is 36.2 Å². The van der Waals surface area contributed by atoms with Gasteiger partial charge in [0.2, 0.25) is 0 Å². The van der Waals surface area contributed by atoms with Gasteiger partial charge in [-0.2, -0.15) is 0 Å². The first-order chi connectivity index (χ1) is 9.76. The molecule has 1 unspecified atom stereocenters. The fraction of sp³-hybridized carbons (Fsp3) is 0.438.